The Balaban J connectivity index is 1.40. The van der Waals surface area contributed by atoms with Crippen LogP contribution in [0.25, 0.3) is 10.8 Å². The Kier molecular flexibility index (Phi) is 6.37. The van der Waals surface area contributed by atoms with Gasteiger partial charge in [-0.3, -0.25) is 9.10 Å². The Bertz CT molecular complexity index is 1350. The van der Waals surface area contributed by atoms with Crippen molar-refractivity contribution in [1.82, 2.24) is 4.90 Å². The van der Waals surface area contributed by atoms with E-state index in [2.05, 4.69) is 0 Å². The van der Waals surface area contributed by atoms with Crippen LogP contribution < -0.4 is 9.04 Å². The molecule has 0 spiro atoms. The lowest BCUT2D eigenvalue weighted by Crippen LogP contribution is -2.30. The molecule has 0 bridgehead atoms. The van der Waals surface area contributed by atoms with Crippen LogP contribution in [-0.4, -0.2) is 39.9 Å². The summed E-state index contributed by atoms with van der Waals surface area (Å²) in [7, 11) is -0.557. The average molecular weight is 465 g/mol. The summed E-state index contributed by atoms with van der Waals surface area (Å²) in [6.45, 7) is 0.216. The Morgan fingerprint density at radius 1 is 0.909 bits per heavy atom. The number of benzene rings is 3. The predicted octanol–water partition coefficient (Wildman–Crippen LogP) is 4.30. The molecule has 33 heavy (non-hydrogen) atoms. The van der Waals surface area contributed by atoms with Crippen LogP contribution in [-0.2, 0) is 21.4 Å². The highest BCUT2D eigenvalue weighted by atomic mass is 32.2. The molecule has 0 radical (unpaired) electrons. The molecule has 0 atom stereocenters. The van der Waals surface area contributed by atoms with Crippen LogP contribution >= 0.6 is 0 Å². The van der Waals surface area contributed by atoms with Gasteiger partial charge in [-0.05, 0) is 59.3 Å². The topological polar surface area (TPSA) is 80.1 Å². The van der Waals surface area contributed by atoms with Crippen molar-refractivity contribution in [2.24, 2.45) is 0 Å². The lowest BCUT2D eigenvalue weighted by Gasteiger charge is -2.20. The van der Waals surface area contributed by atoms with Crippen molar-refractivity contribution < 1.29 is 22.4 Å². The van der Waals surface area contributed by atoms with Crippen LogP contribution in [0.15, 0.2) is 94.4 Å². The van der Waals surface area contributed by atoms with Gasteiger partial charge in [0.25, 0.3) is 15.9 Å². The number of rotatable bonds is 8. The average Bonchev–Trinajstić information content (AvgIpc) is 3.35. The summed E-state index contributed by atoms with van der Waals surface area (Å²) in [6, 6.07) is 22.8. The van der Waals surface area contributed by atoms with Crippen molar-refractivity contribution in [1.29, 1.82) is 0 Å². The molecule has 4 aromatic rings. The van der Waals surface area contributed by atoms with Crippen LogP contribution in [0, 0.1) is 0 Å². The standard InChI is InChI=1S/C25H24N2O5S/c1-26(17-23-8-5-15-31-23)25(28)18-32-22-12-10-21(11-13-22)27(2)33(29,30)24-14-9-19-6-3-4-7-20(19)16-24/h3-16H,17-18H2,1-2H3. The van der Waals surface area contributed by atoms with E-state index in [1.807, 2.05) is 24.3 Å². The zero-order valence-electron chi connectivity index (χ0n) is 18.3. The zero-order valence-corrected chi connectivity index (χ0v) is 19.2. The maximum atomic E-state index is 13.1. The summed E-state index contributed by atoms with van der Waals surface area (Å²) in [5, 5.41) is 1.84. The lowest BCUT2D eigenvalue weighted by molar-refractivity contribution is -0.132. The number of furan rings is 1. The van der Waals surface area contributed by atoms with E-state index in [4.69, 9.17) is 9.15 Å². The second-order valence-corrected chi connectivity index (χ2v) is 9.56. The molecule has 1 aromatic heterocycles. The number of anilines is 1. The number of likely N-dealkylation sites (N-methyl/N-ethyl adjacent to an activating group) is 1. The Labute approximate surface area is 192 Å². The van der Waals surface area contributed by atoms with Gasteiger partial charge in [-0.15, -0.1) is 0 Å². The van der Waals surface area contributed by atoms with Gasteiger partial charge in [0, 0.05) is 14.1 Å². The van der Waals surface area contributed by atoms with Gasteiger partial charge in [0.05, 0.1) is 23.4 Å². The van der Waals surface area contributed by atoms with Crippen molar-refractivity contribution in [2.75, 3.05) is 25.0 Å². The van der Waals surface area contributed by atoms with Gasteiger partial charge in [0.1, 0.15) is 11.5 Å². The second kappa shape index (κ2) is 9.38. The molecule has 0 aliphatic rings. The largest absolute Gasteiger partial charge is 0.484 e. The number of amides is 1. The van der Waals surface area contributed by atoms with Gasteiger partial charge < -0.3 is 14.1 Å². The Morgan fingerprint density at radius 3 is 2.33 bits per heavy atom. The molecule has 1 amide bonds. The molecule has 0 unspecified atom stereocenters. The summed E-state index contributed by atoms with van der Waals surface area (Å²) < 4.78 is 38.3. The van der Waals surface area contributed by atoms with E-state index in [9.17, 15) is 13.2 Å². The molecular formula is C25H24N2O5S. The van der Waals surface area contributed by atoms with Gasteiger partial charge in [-0.1, -0.05) is 30.3 Å². The number of hydrogen-bond donors (Lipinski definition) is 0. The molecule has 0 saturated carbocycles. The van der Waals surface area contributed by atoms with Crippen LogP contribution in [0.3, 0.4) is 0 Å². The molecule has 0 fully saturated rings. The first kappa shape index (κ1) is 22.4. The molecule has 0 aliphatic carbocycles. The first-order chi connectivity index (χ1) is 15.8. The van der Waals surface area contributed by atoms with Crippen molar-refractivity contribution in [3.05, 3.63) is 90.9 Å². The molecule has 4 rings (SSSR count). The smallest absolute Gasteiger partial charge is 0.264 e. The van der Waals surface area contributed by atoms with E-state index < -0.39 is 10.0 Å². The number of sulfonamides is 1. The van der Waals surface area contributed by atoms with Crippen molar-refractivity contribution >= 4 is 32.4 Å². The third kappa shape index (κ3) is 5.01. The summed E-state index contributed by atoms with van der Waals surface area (Å²) in [4.78, 5) is 14.0. The first-order valence-corrected chi connectivity index (χ1v) is 11.8. The molecule has 3 aromatic carbocycles. The van der Waals surface area contributed by atoms with E-state index >= 15 is 0 Å². The molecular weight excluding hydrogens is 440 g/mol. The minimum absolute atomic E-state index is 0.137. The van der Waals surface area contributed by atoms with E-state index in [-0.39, 0.29) is 17.4 Å². The highest BCUT2D eigenvalue weighted by molar-refractivity contribution is 7.92. The molecule has 1 heterocycles. The minimum atomic E-state index is -3.74. The fourth-order valence-electron chi connectivity index (χ4n) is 3.36. The summed E-state index contributed by atoms with van der Waals surface area (Å²) in [5.41, 5.74) is 0.483. The molecule has 8 heteroatoms. The van der Waals surface area contributed by atoms with E-state index in [0.717, 1.165) is 10.8 Å². The second-order valence-electron chi connectivity index (χ2n) is 7.59. The van der Waals surface area contributed by atoms with E-state index in [0.29, 0.717) is 23.7 Å². The van der Waals surface area contributed by atoms with Gasteiger partial charge in [-0.2, -0.15) is 0 Å². The molecule has 0 N–H and O–H groups in total. The lowest BCUT2D eigenvalue weighted by atomic mass is 10.1. The molecule has 7 nitrogen and oxygen atoms in total. The van der Waals surface area contributed by atoms with E-state index in [1.165, 1.54) is 16.3 Å². The van der Waals surface area contributed by atoms with Gasteiger partial charge >= 0.3 is 0 Å². The molecule has 0 saturated heterocycles. The predicted molar refractivity (Wildman–Crippen MR) is 127 cm³/mol. The zero-order chi connectivity index (χ0) is 23.4. The van der Waals surface area contributed by atoms with Gasteiger partial charge in [0.15, 0.2) is 6.61 Å². The SMILES string of the molecule is CN(Cc1ccco1)C(=O)COc1ccc(N(C)S(=O)(=O)c2ccc3ccccc3c2)cc1. The van der Waals surface area contributed by atoms with Crippen LogP contribution in [0.2, 0.25) is 0 Å². The Morgan fingerprint density at radius 2 is 1.64 bits per heavy atom. The summed E-state index contributed by atoms with van der Waals surface area (Å²) >= 11 is 0. The normalized spacial score (nSPS) is 11.3. The van der Waals surface area contributed by atoms with Gasteiger partial charge in [-0.25, -0.2) is 8.42 Å². The van der Waals surface area contributed by atoms with Gasteiger partial charge in [0.2, 0.25) is 0 Å². The highest BCUT2D eigenvalue weighted by Gasteiger charge is 2.21. The quantitative estimate of drug-likeness (QED) is 0.389. The summed E-state index contributed by atoms with van der Waals surface area (Å²) in [6.07, 6.45) is 1.56. The maximum absolute atomic E-state index is 13.1. The number of fused-ring (bicyclic) bond motifs is 1. The van der Waals surface area contributed by atoms with Crippen molar-refractivity contribution in [2.45, 2.75) is 11.4 Å². The Hall–Kier alpha value is -3.78. The van der Waals surface area contributed by atoms with Crippen molar-refractivity contribution in [3.8, 4) is 5.75 Å². The van der Waals surface area contributed by atoms with Crippen LogP contribution in [0.5, 0.6) is 5.75 Å². The monoisotopic (exact) mass is 464 g/mol. The number of ether oxygens (including phenoxy) is 1. The number of carbonyl (C=O) groups excluding carboxylic acids is 1. The number of nitrogens with zero attached hydrogens (tertiary/aromatic N) is 2. The highest BCUT2D eigenvalue weighted by Crippen LogP contribution is 2.26. The minimum Gasteiger partial charge on any atom is -0.484 e. The van der Waals surface area contributed by atoms with E-state index in [1.54, 1.807) is 67.9 Å². The fraction of sp³-hybridized carbons (Fsp3) is 0.160. The fourth-order valence-corrected chi connectivity index (χ4v) is 4.59. The first-order valence-electron chi connectivity index (χ1n) is 10.3. The van der Waals surface area contributed by atoms with Crippen molar-refractivity contribution in [3.63, 3.8) is 0 Å². The number of hydrogen-bond acceptors (Lipinski definition) is 5. The molecule has 0 aliphatic heterocycles. The third-order valence-corrected chi connectivity index (χ3v) is 7.12. The van der Waals surface area contributed by atoms with Crippen LogP contribution in [0.1, 0.15) is 5.76 Å². The number of carbonyl (C=O) groups is 1. The summed E-state index contributed by atoms with van der Waals surface area (Å²) in [5.74, 6) is 0.951. The third-order valence-electron chi connectivity index (χ3n) is 5.34. The van der Waals surface area contributed by atoms with Crippen LogP contribution in [0.4, 0.5) is 5.69 Å². The molecule has 170 valence electrons. The maximum Gasteiger partial charge on any atom is 0.264 e.